The molecule has 0 unspecified atom stereocenters. The Morgan fingerprint density at radius 1 is 1.50 bits per heavy atom. The van der Waals surface area contributed by atoms with Crippen LogP contribution in [0.3, 0.4) is 0 Å². The van der Waals surface area contributed by atoms with E-state index in [0.29, 0.717) is 12.5 Å². The van der Waals surface area contributed by atoms with Crippen LogP contribution in [0.2, 0.25) is 0 Å². The molecule has 0 rings (SSSR count). The Morgan fingerprint density at radius 2 is 2.10 bits per heavy atom. The Labute approximate surface area is 65.3 Å². The van der Waals surface area contributed by atoms with Crippen LogP contribution in [0.25, 0.3) is 0 Å². The molecular weight excluding hydrogens is 156 g/mol. The smallest absolute Gasteiger partial charge is 0.434 e. The lowest BCUT2D eigenvalue weighted by molar-refractivity contribution is 0.0592. The van der Waals surface area contributed by atoms with Crippen molar-refractivity contribution in [3.8, 4) is 0 Å². The molecule has 3 nitrogen and oxygen atoms in total. The van der Waals surface area contributed by atoms with Crippen LogP contribution in [-0.2, 0) is 9.47 Å². The van der Waals surface area contributed by atoms with Crippen LogP contribution in [0.5, 0.6) is 0 Å². The molecule has 0 spiro atoms. The van der Waals surface area contributed by atoms with E-state index in [9.17, 15) is 4.79 Å². The second-order valence-corrected chi connectivity index (χ2v) is 2.43. The van der Waals surface area contributed by atoms with E-state index in [0.717, 1.165) is 0 Å². The monoisotopic (exact) mass is 166 g/mol. The molecule has 0 aromatic rings. The van der Waals surface area contributed by atoms with Gasteiger partial charge >= 0.3 is 6.16 Å². The Morgan fingerprint density at radius 3 is 2.50 bits per heavy atom. The molecule has 0 amide bonds. The summed E-state index contributed by atoms with van der Waals surface area (Å²) in [6.07, 6.45) is -0.705. The molecule has 0 aromatic heterocycles. The highest BCUT2D eigenvalue weighted by Gasteiger charge is 2.02. The summed E-state index contributed by atoms with van der Waals surface area (Å²) in [7, 11) is 0. The summed E-state index contributed by atoms with van der Waals surface area (Å²) < 4.78 is 8.89. The highest BCUT2D eigenvalue weighted by atomic mass is 35.5. The molecule has 0 aliphatic rings. The molecule has 0 atom stereocenters. The Kier molecular flexibility index (Phi) is 5.12. The molecule has 0 fully saturated rings. The number of hydrogen-bond donors (Lipinski definition) is 0. The quantitative estimate of drug-likeness (QED) is 0.475. The van der Waals surface area contributed by atoms with Crippen molar-refractivity contribution in [1.82, 2.24) is 0 Å². The van der Waals surface area contributed by atoms with Crippen molar-refractivity contribution >= 4 is 17.8 Å². The van der Waals surface area contributed by atoms with E-state index >= 15 is 0 Å². The zero-order valence-corrected chi connectivity index (χ0v) is 6.85. The molecule has 10 heavy (non-hydrogen) atoms. The predicted molar refractivity (Wildman–Crippen MR) is 38.0 cm³/mol. The summed E-state index contributed by atoms with van der Waals surface area (Å²) >= 11 is 5.09. The minimum Gasteiger partial charge on any atom is -0.434 e. The lowest BCUT2D eigenvalue weighted by atomic mass is 10.2. The first-order valence-electron chi connectivity index (χ1n) is 3.02. The maximum absolute atomic E-state index is 10.4. The molecule has 0 aliphatic carbocycles. The molecule has 0 saturated heterocycles. The number of carbonyl (C=O) groups excluding carboxylic acids is 1. The van der Waals surface area contributed by atoms with Crippen molar-refractivity contribution in [3.05, 3.63) is 0 Å². The van der Waals surface area contributed by atoms with Crippen LogP contribution in [0.4, 0.5) is 4.79 Å². The summed E-state index contributed by atoms with van der Waals surface area (Å²) in [5.41, 5.74) is 0. The van der Waals surface area contributed by atoms with Gasteiger partial charge in [-0.1, -0.05) is 25.4 Å². The molecule has 0 N–H and O–H groups in total. The zero-order chi connectivity index (χ0) is 7.98. The van der Waals surface area contributed by atoms with Crippen molar-refractivity contribution in [1.29, 1.82) is 0 Å². The number of halogens is 1. The lowest BCUT2D eigenvalue weighted by Crippen LogP contribution is -2.10. The van der Waals surface area contributed by atoms with Gasteiger partial charge in [0.2, 0.25) is 0 Å². The molecule has 0 heterocycles. The van der Waals surface area contributed by atoms with E-state index in [2.05, 4.69) is 9.47 Å². The Hall–Kier alpha value is -0.440. The van der Waals surface area contributed by atoms with Gasteiger partial charge in [-0.05, 0) is 5.92 Å². The van der Waals surface area contributed by atoms with Crippen molar-refractivity contribution < 1.29 is 14.3 Å². The third-order valence-corrected chi connectivity index (χ3v) is 0.816. The summed E-state index contributed by atoms with van der Waals surface area (Å²) in [6.45, 7) is 4.25. The maximum atomic E-state index is 10.4. The summed E-state index contributed by atoms with van der Waals surface area (Å²) in [4.78, 5) is 10.4. The predicted octanol–water partition coefficient (Wildman–Crippen LogP) is 1.99. The molecule has 60 valence electrons. The van der Waals surface area contributed by atoms with Crippen LogP contribution >= 0.6 is 11.6 Å². The largest absolute Gasteiger partial charge is 0.509 e. The van der Waals surface area contributed by atoms with E-state index < -0.39 is 6.16 Å². The first-order valence-corrected chi connectivity index (χ1v) is 3.55. The van der Waals surface area contributed by atoms with Gasteiger partial charge in [0.25, 0.3) is 0 Å². The van der Waals surface area contributed by atoms with E-state index in [1.54, 1.807) is 0 Å². The van der Waals surface area contributed by atoms with E-state index in [1.165, 1.54) is 0 Å². The van der Waals surface area contributed by atoms with Crippen molar-refractivity contribution in [2.24, 2.45) is 5.92 Å². The van der Waals surface area contributed by atoms with Crippen LogP contribution in [0, 0.1) is 5.92 Å². The average Bonchev–Trinajstić information content (AvgIpc) is 1.85. The first kappa shape index (κ1) is 9.56. The molecule has 0 radical (unpaired) electrons. The van der Waals surface area contributed by atoms with Gasteiger partial charge in [0, 0.05) is 0 Å². The number of rotatable bonds is 3. The minimum atomic E-state index is -0.705. The van der Waals surface area contributed by atoms with Gasteiger partial charge in [-0.15, -0.1) is 0 Å². The fraction of sp³-hybridized carbons (Fsp3) is 0.833. The van der Waals surface area contributed by atoms with Gasteiger partial charge < -0.3 is 9.47 Å². The van der Waals surface area contributed by atoms with Gasteiger partial charge in [-0.2, -0.15) is 0 Å². The third kappa shape index (κ3) is 5.69. The number of alkyl halides is 1. The van der Waals surface area contributed by atoms with Crippen LogP contribution < -0.4 is 0 Å². The third-order valence-electron chi connectivity index (χ3n) is 0.707. The average molecular weight is 167 g/mol. The molecule has 0 aromatic carbocycles. The van der Waals surface area contributed by atoms with Crippen molar-refractivity contribution in [2.75, 3.05) is 12.7 Å². The highest BCUT2D eigenvalue weighted by molar-refractivity contribution is 6.17. The Balaban J connectivity index is 3.22. The van der Waals surface area contributed by atoms with Crippen LogP contribution in [0.15, 0.2) is 0 Å². The summed E-state index contributed by atoms with van der Waals surface area (Å²) in [6, 6.07) is -0.156. The SMILES string of the molecule is CC(C)COC(=O)OCCl. The zero-order valence-electron chi connectivity index (χ0n) is 6.09. The summed E-state index contributed by atoms with van der Waals surface area (Å²) in [5, 5.41) is 0. The molecule has 0 bridgehead atoms. The lowest BCUT2D eigenvalue weighted by Gasteiger charge is -2.04. The molecule has 0 aliphatic heterocycles. The highest BCUT2D eigenvalue weighted by Crippen LogP contribution is 1.94. The van der Waals surface area contributed by atoms with Crippen molar-refractivity contribution in [3.63, 3.8) is 0 Å². The van der Waals surface area contributed by atoms with E-state index in [-0.39, 0.29) is 6.07 Å². The second-order valence-electron chi connectivity index (χ2n) is 2.21. The van der Waals surface area contributed by atoms with Gasteiger partial charge in [0.05, 0.1) is 6.61 Å². The van der Waals surface area contributed by atoms with Crippen molar-refractivity contribution in [2.45, 2.75) is 13.8 Å². The minimum absolute atomic E-state index is 0.156. The maximum Gasteiger partial charge on any atom is 0.509 e. The normalized spacial score (nSPS) is 9.60. The van der Waals surface area contributed by atoms with E-state index in [4.69, 9.17) is 11.6 Å². The van der Waals surface area contributed by atoms with Gasteiger partial charge in [-0.3, -0.25) is 0 Å². The number of ether oxygens (including phenoxy) is 2. The molecule has 0 saturated carbocycles. The first-order chi connectivity index (χ1) is 4.66. The fourth-order valence-corrected chi connectivity index (χ4v) is 0.410. The Bertz CT molecular complexity index is 103. The van der Waals surface area contributed by atoms with Gasteiger partial charge in [0.15, 0.2) is 6.07 Å². The fourth-order valence-electron chi connectivity index (χ4n) is 0.321. The number of hydrogen-bond acceptors (Lipinski definition) is 3. The number of carbonyl (C=O) groups is 1. The molecule has 4 heteroatoms. The second kappa shape index (κ2) is 5.35. The van der Waals surface area contributed by atoms with Gasteiger partial charge in [0.1, 0.15) is 0 Å². The summed E-state index contributed by atoms with van der Waals surface area (Å²) in [5.74, 6) is 0.322. The standard InChI is InChI=1S/C6H11ClO3/c1-5(2)3-9-6(8)10-4-7/h5H,3-4H2,1-2H3. The topological polar surface area (TPSA) is 35.5 Å². The van der Waals surface area contributed by atoms with Crippen LogP contribution in [0.1, 0.15) is 13.8 Å². The van der Waals surface area contributed by atoms with Crippen LogP contribution in [-0.4, -0.2) is 18.8 Å². The van der Waals surface area contributed by atoms with Gasteiger partial charge in [-0.25, -0.2) is 4.79 Å². The van der Waals surface area contributed by atoms with E-state index in [1.807, 2.05) is 13.8 Å². The molecular formula is C6H11ClO3.